The van der Waals surface area contributed by atoms with E-state index in [1.807, 2.05) is 55.4 Å². The quantitative estimate of drug-likeness (QED) is 0.357. The van der Waals surface area contributed by atoms with Gasteiger partial charge in [0.2, 0.25) is 0 Å². The summed E-state index contributed by atoms with van der Waals surface area (Å²) in [5.41, 5.74) is -0.947. The summed E-state index contributed by atoms with van der Waals surface area (Å²) in [7, 11) is 2.79. The van der Waals surface area contributed by atoms with E-state index in [1.165, 1.54) is 14.2 Å². The van der Waals surface area contributed by atoms with Gasteiger partial charge in [-0.3, -0.25) is 19.2 Å². The fourth-order valence-corrected chi connectivity index (χ4v) is 5.20. The van der Waals surface area contributed by atoms with E-state index >= 15 is 0 Å². The Morgan fingerprint density at radius 3 is 1.11 bits per heavy atom. The fraction of sp³-hybridized carbons (Fsp3) is 0.857. The molecule has 0 aromatic heterocycles. The Kier molecular flexibility index (Phi) is 11.9. The van der Waals surface area contributed by atoms with Gasteiger partial charge < -0.3 is 18.9 Å². The maximum Gasteiger partial charge on any atom is 0.309 e. The third-order valence-electron chi connectivity index (χ3n) is 6.93. The molecule has 6 atom stereocenters. The van der Waals surface area contributed by atoms with Crippen molar-refractivity contribution in [3.63, 3.8) is 0 Å². The molecule has 2 saturated carbocycles. The Hall–Kier alpha value is -2.12. The summed E-state index contributed by atoms with van der Waals surface area (Å²) in [5, 5.41) is 0. The van der Waals surface area contributed by atoms with Gasteiger partial charge in [-0.15, -0.1) is 0 Å². The normalized spacial score (nSPS) is 27.9. The van der Waals surface area contributed by atoms with Gasteiger partial charge in [0.15, 0.2) is 0 Å². The largest absolute Gasteiger partial charge is 0.469 e. The number of rotatable bonds is 6. The summed E-state index contributed by atoms with van der Waals surface area (Å²) in [4.78, 5) is 47.3. The summed E-state index contributed by atoms with van der Waals surface area (Å²) in [5.74, 6) is -0.972. The van der Waals surface area contributed by atoms with Crippen LogP contribution in [-0.4, -0.2) is 49.3 Å². The zero-order valence-corrected chi connectivity index (χ0v) is 24.0. The molecule has 0 aromatic rings. The van der Waals surface area contributed by atoms with Crippen LogP contribution in [0.1, 0.15) is 93.9 Å². The lowest BCUT2D eigenvalue weighted by Gasteiger charge is -2.24. The van der Waals surface area contributed by atoms with Gasteiger partial charge >= 0.3 is 23.9 Å². The molecule has 0 aromatic carbocycles. The number of carbonyl (C=O) groups is 4. The molecule has 2 rings (SSSR count). The summed E-state index contributed by atoms with van der Waals surface area (Å²) < 4.78 is 20.4. The van der Waals surface area contributed by atoms with E-state index < -0.39 is 11.2 Å². The lowest BCUT2D eigenvalue weighted by atomic mass is 9.93. The summed E-state index contributed by atoms with van der Waals surface area (Å²) in [6, 6.07) is 0. The second-order valence-corrected chi connectivity index (χ2v) is 12.0. The van der Waals surface area contributed by atoms with Crippen LogP contribution in [0.4, 0.5) is 0 Å². The van der Waals surface area contributed by atoms with Crippen molar-refractivity contribution in [3.8, 4) is 0 Å². The molecule has 0 aliphatic heterocycles. The van der Waals surface area contributed by atoms with Crippen LogP contribution in [0.5, 0.6) is 0 Å². The van der Waals surface area contributed by atoms with Gasteiger partial charge in [-0.2, -0.15) is 0 Å². The minimum Gasteiger partial charge on any atom is -0.469 e. The first-order chi connectivity index (χ1) is 16.6. The van der Waals surface area contributed by atoms with E-state index in [9.17, 15) is 19.2 Å². The second-order valence-electron chi connectivity index (χ2n) is 12.0. The lowest BCUT2D eigenvalue weighted by Crippen LogP contribution is -2.30. The predicted octanol–water partition coefficient (Wildman–Crippen LogP) is 5.11. The number of carbonyl (C=O) groups excluding carboxylic acids is 4. The minimum absolute atomic E-state index is 0.155. The number of ether oxygens (including phenoxy) is 4. The highest BCUT2D eigenvalue weighted by Gasteiger charge is 2.44. The monoisotopic (exact) mass is 512 g/mol. The molecule has 208 valence electrons. The van der Waals surface area contributed by atoms with Gasteiger partial charge in [0.1, 0.15) is 11.2 Å². The molecule has 0 N–H and O–H groups in total. The fourth-order valence-electron chi connectivity index (χ4n) is 5.20. The third-order valence-corrected chi connectivity index (χ3v) is 6.93. The zero-order chi connectivity index (χ0) is 27.8. The average molecular weight is 513 g/mol. The lowest BCUT2D eigenvalue weighted by molar-refractivity contribution is -0.162. The van der Waals surface area contributed by atoms with Gasteiger partial charge in [-0.1, -0.05) is 26.7 Å². The highest BCUT2D eigenvalue weighted by molar-refractivity contribution is 5.78. The van der Waals surface area contributed by atoms with Crippen molar-refractivity contribution >= 4 is 23.9 Å². The molecule has 8 nitrogen and oxygen atoms in total. The van der Waals surface area contributed by atoms with Crippen molar-refractivity contribution < 1.29 is 38.1 Å². The number of methoxy groups -OCH3 is 2. The highest BCUT2D eigenvalue weighted by Crippen LogP contribution is 2.41. The summed E-state index contributed by atoms with van der Waals surface area (Å²) in [6.45, 7) is 15.2. The number of hydrogen-bond donors (Lipinski definition) is 0. The van der Waals surface area contributed by atoms with Crippen LogP contribution in [0.25, 0.3) is 0 Å². The standard InChI is InChI=1S/2C14H24O4/c2*1-6-9-7-10(12(15)17-5)8-11(9)13(16)18-14(2,3)4/h2*9-11H,6-8H2,1-5H3/t9-,10+,11?;9-,10+,11+/m01/s1. The van der Waals surface area contributed by atoms with Crippen LogP contribution in [-0.2, 0) is 38.1 Å². The van der Waals surface area contributed by atoms with Crippen LogP contribution in [0.3, 0.4) is 0 Å². The summed E-state index contributed by atoms with van der Waals surface area (Å²) in [6.07, 6.45) is 4.34. The molecule has 0 bridgehead atoms. The van der Waals surface area contributed by atoms with Crippen molar-refractivity contribution in [1.29, 1.82) is 0 Å². The first-order valence-electron chi connectivity index (χ1n) is 13.2. The molecular formula is C28H48O8. The topological polar surface area (TPSA) is 105 Å². The Balaban J connectivity index is 0.000000360. The van der Waals surface area contributed by atoms with E-state index in [0.29, 0.717) is 12.8 Å². The van der Waals surface area contributed by atoms with Crippen molar-refractivity contribution in [2.45, 2.75) is 105 Å². The van der Waals surface area contributed by atoms with Crippen LogP contribution >= 0.6 is 0 Å². The maximum atomic E-state index is 12.1. The molecule has 2 aliphatic carbocycles. The van der Waals surface area contributed by atoms with Gasteiger partial charge in [0.25, 0.3) is 0 Å². The summed E-state index contributed by atoms with van der Waals surface area (Å²) >= 11 is 0. The van der Waals surface area contributed by atoms with Crippen LogP contribution < -0.4 is 0 Å². The molecule has 2 aliphatic rings. The molecule has 0 radical (unpaired) electrons. The first-order valence-corrected chi connectivity index (χ1v) is 13.2. The second kappa shape index (κ2) is 13.4. The van der Waals surface area contributed by atoms with E-state index in [4.69, 9.17) is 18.9 Å². The van der Waals surface area contributed by atoms with Crippen LogP contribution in [0.2, 0.25) is 0 Å². The van der Waals surface area contributed by atoms with Crippen LogP contribution in [0, 0.1) is 35.5 Å². The van der Waals surface area contributed by atoms with E-state index in [2.05, 4.69) is 0 Å². The van der Waals surface area contributed by atoms with Gasteiger partial charge in [0.05, 0.1) is 37.9 Å². The maximum absolute atomic E-state index is 12.1. The van der Waals surface area contributed by atoms with Gasteiger partial charge in [-0.25, -0.2) is 0 Å². The Morgan fingerprint density at radius 1 is 0.583 bits per heavy atom. The van der Waals surface area contributed by atoms with Crippen molar-refractivity contribution in [1.82, 2.24) is 0 Å². The predicted molar refractivity (Wildman–Crippen MR) is 136 cm³/mol. The molecule has 0 saturated heterocycles. The van der Waals surface area contributed by atoms with Crippen LogP contribution in [0.15, 0.2) is 0 Å². The highest BCUT2D eigenvalue weighted by atomic mass is 16.6. The SMILES string of the molecule is CC[C@@H]1C[C@H](C(=O)OC)C[C@@H]1C(=O)OC(C)(C)C.CC[C@H]1C[C@@H](C(=O)OC)CC1C(=O)OC(C)(C)C. The molecule has 8 heteroatoms. The van der Waals surface area contributed by atoms with E-state index in [0.717, 1.165) is 25.7 Å². The first kappa shape index (κ1) is 31.9. The minimum atomic E-state index is -0.473. The Bertz CT molecular complexity index is 696. The third kappa shape index (κ3) is 9.74. The van der Waals surface area contributed by atoms with E-state index in [1.54, 1.807) is 0 Å². The average Bonchev–Trinajstić information content (AvgIpc) is 3.40. The molecule has 2 fully saturated rings. The number of hydrogen-bond acceptors (Lipinski definition) is 8. The molecule has 1 unspecified atom stereocenters. The van der Waals surface area contributed by atoms with Gasteiger partial charge in [0, 0.05) is 0 Å². The van der Waals surface area contributed by atoms with Crippen molar-refractivity contribution in [2.75, 3.05) is 14.2 Å². The van der Waals surface area contributed by atoms with E-state index in [-0.39, 0.29) is 59.4 Å². The molecule has 0 amide bonds. The van der Waals surface area contributed by atoms with Crippen molar-refractivity contribution in [3.05, 3.63) is 0 Å². The number of esters is 4. The Morgan fingerprint density at radius 2 is 0.889 bits per heavy atom. The van der Waals surface area contributed by atoms with Gasteiger partial charge in [-0.05, 0) is 79.1 Å². The zero-order valence-electron chi connectivity index (χ0n) is 24.0. The molecule has 0 heterocycles. The van der Waals surface area contributed by atoms with Crippen molar-refractivity contribution in [2.24, 2.45) is 35.5 Å². The Labute approximate surface area is 217 Å². The smallest absolute Gasteiger partial charge is 0.309 e. The molecule has 0 spiro atoms. The molecular weight excluding hydrogens is 464 g/mol. The molecule has 36 heavy (non-hydrogen) atoms.